The molecule has 1 aromatic heterocycles. The number of nitrogens with zero attached hydrogens (tertiary/aromatic N) is 2. The molecule has 1 N–H and O–H groups in total. The molecule has 0 saturated heterocycles. The first kappa shape index (κ1) is 12.2. The Kier molecular flexibility index (Phi) is 3.91. The number of rotatable bonds is 4. The van der Waals surface area contributed by atoms with Crippen LogP contribution in [0.15, 0.2) is 6.20 Å². The van der Waals surface area contributed by atoms with E-state index in [9.17, 15) is 0 Å². The molecular formula is C12H23N3. The first-order valence-corrected chi connectivity index (χ1v) is 5.70. The molecule has 0 radical (unpaired) electrons. The molecule has 1 aromatic rings. The van der Waals surface area contributed by atoms with Gasteiger partial charge in [-0.25, -0.2) is 0 Å². The van der Waals surface area contributed by atoms with Gasteiger partial charge < -0.3 is 5.32 Å². The minimum Gasteiger partial charge on any atom is -0.316 e. The van der Waals surface area contributed by atoms with Crippen LogP contribution in [0.3, 0.4) is 0 Å². The van der Waals surface area contributed by atoms with E-state index in [4.69, 9.17) is 0 Å². The van der Waals surface area contributed by atoms with Crippen LogP contribution < -0.4 is 5.32 Å². The van der Waals surface area contributed by atoms with E-state index in [1.165, 1.54) is 11.3 Å². The lowest BCUT2D eigenvalue weighted by Gasteiger charge is -2.17. The number of aryl methyl sites for hydroxylation is 1. The van der Waals surface area contributed by atoms with Gasteiger partial charge in [-0.1, -0.05) is 27.7 Å². The lowest BCUT2D eigenvalue weighted by atomic mass is 9.89. The Hall–Kier alpha value is -0.830. The van der Waals surface area contributed by atoms with Crippen molar-refractivity contribution in [1.29, 1.82) is 0 Å². The zero-order chi connectivity index (χ0) is 11.5. The fourth-order valence-corrected chi connectivity index (χ4v) is 1.76. The van der Waals surface area contributed by atoms with Crippen LogP contribution in [-0.2, 0) is 18.5 Å². The maximum absolute atomic E-state index is 4.67. The molecule has 0 atom stereocenters. The zero-order valence-corrected chi connectivity index (χ0v) is 10.6. The van der Waals surface area contributed by atoms with Crippen molar-refractivity contribution in [2.45, 2.75) is 52.6 Å². The maximum atomic E-state index is 4.67. The van der Waals surface area contributed by atoms with Crippen molar-refractivity contribution < 1.29 is 0 Å². The zero-order valence-electron chi connectivity index (χ0n) is 10.6. The van der Waals surface area contributed by atoms with Crippen molar-refractivity contribution in [3.05, 3.63) is 17.5 Å². The van der Waals surface area contributed by atoms with Gasteiger partial charge in [0.05, 0.1) is 5.69 Å². The van der Waals surface area contributed by atoms with Gasteiger partial charge in [0.15, 0.2) is 0 Å². The van der Waals surface area contributed by atoms with E-state index in [0.29, 0.717) is 0 Å². The van der Waals surface area contributed by atoms with Crippen LogP contribution in [0.2, 0.25) is 0 Å². The average Bonchev–Trinajstić information content (AvgIpc) is 2.49. The Morgan fingerprint density at radius 2 is 2.07 bits per heavy atom. The molecular weight excluding hydrogens is 186 g/mol. The van der Waals surface area contributed by atoms with Crippen molar-refractivity contribution in [2.24, 2.45) is 0 Å². The monoisotopic (exact) mass is 209 g/mol. The molecule has 0 aliphatic rings. The van der Waals surface area contributed by atoms with Crippen molar-refractivity contribution in [1.82, 2.24) is 15.1 Å². The van der Waals surface area contributed by atoms with E-state index in [-0.39, 0.29) is 5.41 Å². The Morgan fingerprint density at radius 1 is 1.40 bits per heavy atom. The van der Waals surface area contributed by atoms with Gasteiger partial charge in [0.2, 0.25) is 0 Å². The summed E-state index contributed by atoms with van der Waals surface area (Å²) in [5.41, 5.74) is 2.66. The SMILES string of the molecule is CCCn1cc(CNC)c(C(C)(C)C)n1. The van der Waals surface area contributed by atoms with Crippen LogP contribution >= 0.6 is 0 Å². The van der Waals surface area contributed by atoms with Crippen molar-refractivity contribution in [2.75, 3.05) is 7.05 Å². The van der Waals surface area contributed by atoms with Gasteiger partial charge in [-0.2, -0.15) is 5.10 Å². The van der Waals surface area contributed by atoms with Crippen LogP contribution in [0.1, 0.15) is 45.4 Å². The third-order valence-electron chi connectivity index (χ3n) is 2.37. The van der Waals surface area contributed by atoms with E-state index in [2.05, 4.69) is 49.0 Å². The van der Waals surface area contributed by atoms with Crippen LogP contribution in [0.4, 0.5) is 0 Å². The predicted octanol–water partition coefficient (Wildman–Crippen LogP) is 2.31. The van der Waals surface area contributed by atoms with Gasteiger partial charge >= 0.3 is 0 Å². The first-order chi connectivity index (χ1) is 6.99. The fraction of sp³-hybridized carbons (Fsp3) is 0.750. The number of aromatic nitrogens is 2. The summed E-state index contributed by atoms with van der Waals surface area (Å²) in [5, 5.41) is 7.87. The summed E-state index contributed by atoms with van der Waals surface area (Å²) >= 11 is 0. The standard InChI is InChI=1S/C12H23N3/c1-6-7-15-9-10(8-13-5)11(14-15)12(2,3)4/h9,13H,6-8H2,1-5H3. The van der Waals surface area contributed by atoms with E-state index < -0.39 is 0 Å². The number of hydrogen-bond donors (Lipinski definition) is 1. The predicted molar refractivity (Wildman–Crippen MR) is 64.0 cm³/mol. The molecule has 3 nitrogen and oxygen atoms in total. The Labute approximate surface area is 92.9 Å². The summed E-state index contributed by atoms with van der Waals surface area (Å²) in [4.78, 5) is 0. The molecule has 0 aliphatic carbocycles. The van der Waals surface area contributed by atoms with E-state index >= 15 is 0 Å². The second-order valence-corrected chi connectivity index (χ2v) is 5.05. The number of nitrogens with one attached hydrogen (secondary N) is 1. The molecule has 0 amide bonds. The summed E-state index contributed by atoms with van der Waals surface area (Å²) in [7, 11) is 1.98. The highest BCUT2D eigenvalue weighted by Gasteiger charge is 2.21. The molecule has 86 valence electrons. The molecule has 0 saturated carbocycles. The summed E-state index contributed by atoms with van der Waals surface area (Å²) in [6, 6.07) is 0. The van der Waals surface area contributed by atoms with Gasteiger partial charge in [-0.15, -0.1) is 0 Å². The second-order valence-electron chi connectivity index (χ2n) is 5.05. The third kappa shape index (κ3) is 3.06. The molecule has 1 heterocycles. The van der Waals surface area contributed by atoms with Gasteiger partial charge in [0, 0.05) is 30.3 Å². The van der Waals surface area contributed by atoms with Gasteiger partial charge in [0.25, 0.3) is 0 Å². The maximum Gasteiger partial charge on any atom is 0.0722 e. The summed E-state index contributed by atoms with van der Waals surface area (Å²) in [6.45, 7) is 10.7. The van der Waals surface area contributed by atoms with Crippen molar-refractivity contribution in [3.8, 4) is 0 Å². The summed E-state index contributed by atoms with van der Waals surface area (Å²) in [5.74, 6) is 0. The molecule has 0 spiro atoms. The minimum atomic E-state index is 0.130. The second kappa shape index (κ2) is 4.79. The van der Waals surface area contributed by atoms with Crippen LogP contribution in [-0.4, -0.2) is 16.8 Å². The topological polar surface area (TPSA) is 29.9 Å². The minimum absolute atomic E-state index is 0.130. The largest absolute Gasteiger partial charge is 0.316 e. The third-order valence-corrected chi connectivity index (χ3v) is 2.37. The Morgan fingerprint density at radius 3 is 2.53 bits per heavy atom. The van der Waals surface area contributed by atoms with Crippen LogP contribution in [0.5, 0.6) is 0 Å². The van der Waals surface area contributed by atoms with Crippen LogP contribution in [0.25, 0.3) is 0 Å². The van der Waals surface area contributed by atoms with Gasteiger partial charge in [0.1, 0.15) is 0 Å². The Bertz CT molecular complexity index is 307. The number of hydrogen-bond acceptors (Lipinski definition) is 2. The lowest BCUT2D eigenvalue weighted by Crippen LogP contribution is -2.17. The molecule has 1 rings (SSSR count). The van der Waals surface area contributed by atoms with Crippen molar-refractivity contribution in [3.63, 3.8) is 0 Å². The normalized spacial score (nSPS) is 12.1. The van der Waals surface area contributed by atoms with Gasteiger partial charge in [-0.3, -0.25) is 4.68 Å². The summed E-state index contributed by atoms with van der Waals surface area (Å²) < 4.78 is 2.06. The highest BCUT2D eigenvalue weighted by atomic mass is 15.3. The quantitative estimate of drug-likeness (QED) is 0.824. The molecule has 15 heavy (non-hydrogen) atoms. The molecule has 0 aliphatic heterocycles. The van der Waals surface area contributed by atoms with Crippen molar-refractivity contribution >= 4 is 0 Å². The molecule has 3 heteroatoms. The lowest BCUT2D eigenvalue weighted by molar-refractivity contribution is 0.525. The fourth-order valence-electron chi connectivity index (χ4n) is 1.76. The molecule has 0 bridgehead atoms. The van der Waals surface area contributed by atoms with E-state index in [1.807, 2.05) is 7.05 Å². The van der Waals surface area contributed by atoms with E-state index in [0.717, 1.165) is 19.5 Å². The first-order valence-electron chi connectivity index (χ1n) is 5.70. The highest BCUT2D eigenvalue weighted by Crippen LogP contribution is 2.24. The molecule has 0 fully saturated rings. The molecule has 0 aromatic carbocycles. The summed E-state index contributed by atoms with van der Waals surface area (Å²) in [6.07, 6.45) is 3.30. The van der Waals surface area contributed by atoms with Crippen LogP contribution in [0, 0.1) is 0 Å². The van der Waals surface area contributed by atoms with Gasteiger partial charge in [-0.05, 0) is 13.5 Å². The van der Waals surface area contributed by atoms with E-state index in [1.54, 1.807) is 0 Å². The highest BCUT2D eigenvalue weighted by molar-refractivity contribution is 5.23. The Balaban J connectivity index is 3.00. The molecule has 0 unspecified atom stereocenters. The smallest absolute Gasteiger partial charge is 0.0722 e. The average molecular weight is 209 g/mol.